The lowest BCUT2D eigenvalue weighted by atomic mass is 10.0. The van der Waals surface area contributed by atoms with E-state index in [0.29, 0.717) is 5.69 Å². The van der Waals surface area contributed by atoms with Crippen LogP contribution in [0.15, 0.2) is 59.5 Å². The molecule has 0 saturated heterocycles. The molecular weight excluding hydrogens is 347 g/mol. The zero-order valence-electron chi connectivity index (χ0n) is 14.4. The molecule has 1 heterocycles. The van der Waals surface area contributed by atoms with Crippen LogP contribution in [0.3, 0.4) is 0 Å². The van der Waals surface area contributed by atoms with E-state index < -0.39 is 17.2 Å². The molecule has 134 valence electrons. The van der Waals surface area contributed by atoms with Crippen LogP contribution in [0.1, 0.15) is 34.0 Å². The van der Waals surface area contributed by atoms with Crippen LogP contribution in [0.2, 0.25) is 0 Å². The number of pyridine rings is 1. The van der Waals surface area contributed by atoms with Crippen molar-refractivity contribution in [3.63, 3.8) is 0 Å². The molecule has 0 spiro atoms. The van der Waals surface area contributed by atoms with E-state index >= 15 is 0 Å². The van der Waals surface area contributed by atoms with E-state index in [0.717, 1.165) is 36.2 Å². The fourth-order valence-electron chi connectivity index (χ4n) is 2.72. The monoisotopic (exact) mass is 362 g/mol. The number of halogens is 1. The number of hydrogen-bond donors (Lipinski definition) is 1. The summed E-state index contributed by atoms with van der Waals surface area (Å²) in [5.74, 6) is -1.76. The second-order valence-corrected chi connectivity index (χ2v) is 5.94. The van der Waals surface area contributed by atoms with Crippen LogP contribution in [-0.4, -0.2) is 15.5 Å². The second-order valence-electron chi connectivity index (χ2n) is 5.94. The summed E-state index contributed by atoms with van der Waals surface area (Å²) < 4.78 is 14.7. The van der Waals surface area contributed by atoms with Crippen LogP contribution in [0.4, 0.5) is 4.39 Å². The van der Waals surface area contributed by atoms with Crippen molar-refractivity contribution >= 4 is 5.78 Å². The molecule has 2 aromatic carbocycles. The van der Waals surface area contributed by atoms with Crippen LogP contribution >= 0.6 is 0 Å². The molecular formula is C21H15FN2O3. The number of benzene rings is 2. The highest BCUT2D eigenvalue weighted by atomic mass is 19.1. The summed E-state index contributed by atoms with van der Waals surface area (Å²) in [6.45, 7) is 2.00. The first-order valence-electron chi connectivity index (χ1n) is 8.24. The minimum Gasteiger partial charge on any atom is -0.507 e. The molecule has 0 aliphatic rings. The minimum absolute atomic E-state index is 0.00776. The fraction of sp³-hybridized carbons (Fsp3) is 0.0952. The third kappa shape index (κ3) is 3.48. The number of aromatic nitrogens is 1. The third-order valence-electron chi connectivity index (χ3n) is 4.23. The molecule has 27 heavy (non-hydrogen) atoms. The molecule has 0 atom stereocenters. The number of aryl methyl sites for hydroxylation is 1. The Morgan fingerprint density at radius 3 is 2.52 bits per heavy atom. The van der Waals surface area contributed by atoms with Crippen molar-refractivity contribution in [1.29, 1.82) is 5.26 Å². The van der Waals surface area contributed by atoms with Gasteiger partial charge in [-0.3, -0.25) is 14.2 Å². The quantitative estimate of drug-likeness (QED) is 0.722. The summed E-state index contributed by atoms with van der Waals surface area (Å²) in [5, 5.41) is 19.1. The molecule has 0 amide bonds. The summed E-state index contributed by atoms with van der Waals surface area (Å²) in [7, 11) is 0. The number of carbonyl (C=O) groups is 1. The molecule has 1 aromatic heterocycles. The number of phenolic OH excluding ortho intramolecular Hbond substituents is 1. The van der Waals surface area contributed by atoms with Gasteiger partial charge in [-0.25, -0.2) is 4.39 Å². The highest BCUT2D eigenvalue weighted by molar-refractivity contribution is 6.10. The van der Waals surface area contributed by atoms with Gasteiger partial charge in [0.2, 0.25) is 0 Å². The van der Waals surface area contributed by atoms with Gasteiger partial charge in [0, 0.05) is 17.4 Å². The van der Waals surface area contributed by atoms with Gasteiger partial charge in [-0.2, -0.15) is 5.26 Å². The number of ketones is 1. The van der Waals surface area contributed by atoms with Crippen molar-refractivity contribution in [3.05, 3.63) is 93.2 Å². The SMILES string of the molecule is CCc1ccc(-n2cc(C(=O)c3cc(F)ccc3O)cc(C#N)c2=O)cc1. The Bertz CT molecular complexity index is 1130. The maximum absolute atomic E-state index is 13.5. The van der Waals surface area contributed by atoms with E-state index in [1.807, 2.05) is 19.1 Å². The highest BCUT2D eigenvalue weighted by Gasteiger charge is 2.18. The smallest absolute Gasteiger partial charge is 0.273 e. The van der Waals surface area contributed by atoms with Gasteiger partial charge in [-0.1, -0.05) is 19.1 Å². The molecule has 0 aliphatic heterocycles. The molecule has 0 saturated carbocycles. The molecule has 0 radical (unpaired) electrons. The van der Waals surface area contributed by atoms with E-state index in [-0.39, 0.29) is 22.4 Å². The first-order chi connectivity index (χ1) is 12.9. The number of nitrogens with zero attached hydrogens (tertiary/aromatic N) is 2. The molecule has 6 heteroatoms. The Kier molecular flexibility index (Phi) is 4.86. The van der Waals surface area contributed by atoms with Gasteiger partial charge in [-0.05, 0) is 48.4 Å². The lowest BCUT2D eigenvalue weighted by Gasteiger charge is -2.10. The Balaban J connectivity index is 2.17. The second kappa shape index (κ2) is 7.26. The van der Waals surface area contributed by atoms with Gasteiger partial charge in [0.05, 0.1) is 5.56 Å². The first kappa shape index (κ1) is 18.1. The normalized spacial score (nSPS) is 10.4. The van der Waals surface area contributed by atoms with Crippen molar-refractivity contribution in [3.8, 4) is 17.5 Å². The summed E-state index contributed by atoms with van der Waals surface area (Å²) >= 11 is 0. The lowest BCUT2D eigenvalue weighted by Crippen LogP contribution is -2.22. The van der Waals surface area contributed by atoms with Crippen molar-refractivity contribution in [2.45, 2.75) is 13.3 Å². The molecule has 1 N–H and O–H groups in total. The molecule has 3 rings (SSSR count). The Labute approximate surface area is 154 Å². The summed E-state index contributed by atoms with van der Waals surface area (Å²) in [4.78, 5) is 25.2. The van der Waals surface area contributed by atoms with Crippen molar-refractivity contribution in [2.24, 2.45) is 0 Å². The predicted molar refractivity (Wildman–Crippen MR) is 97.6 cm³/mol. The van der Waals surface area contributed by atoms with Gasteiger partial charge in [0.25, 0.3) is 5.56 Å². The zero-order chi connectivity index (χ0) is 19.6. The van der Waals surface area contributed by atoms with Crippen LogP contribution < -0.4 is 5.56 Å². The molecule has 0 unspecified atom stereocenters. The molecule has 3 aromatic rings. The Morgan fingerprint density at radius 1 is 1.19 bits per heavy atom. The van der Waals surface area contributed by atoms with Gasteiger partial charge >= 0.3 is 0 Å². The maximum atomic E-state index is 13.5. The van der Waals surface area contributed by atoms with E-state index in [1.165, 1.54) is 10.8 Å². The van der Waals surface area contributed by atoms with Gasteiger partial charge < -0.3 is 5.11 Å². The fourth-order valence-corrected chi connectivity index (χ4v) is 2.72. The number of phenols is 1. The van der Waals surface area contributed by atoms with E-state index in [4.69, 9.17) is 0 Å². The summed E-state index contributed by atoms with van der Waals surface area (Å²) in [6.07, 6.45) is 2.12. The standard InChI is InChI=1S/C21H15FN2O3/c1-2-13-3-6-17(7-4-13)24-12-15(9-14(11-23)21(24)27)20(26)18-10-16(22)5-8-19(18)25/h3-10,12,25H,2H2,1H3. The van der Waals surface area contributed by atoms with E-state index in [1.54, 1.807) is 18.2 Å². The zero-order valence-corrected chi connectivity index (χ0v) is 14.4. The molecule has 5 nitrogen and oxygen atoms in total. The van der Waals surface area contributed by atoms with Crippen molar-refractivity contribution in [1.82, 2.24) is 4.57 Å². The predicted octanol–water partition coefficient (Wildman–Crippen LogP) is 3.35. The molecule has 0 fully saturated rings. The van der Waals surface area contributed by atoms with Crippen molar-refractivity contribution in [2.75, 3.05) is 0 Å². The van der Waals surface area contributed by atoms with Crippen LogP contribution in [0, 0.1) is 17.1 Å². The molecule has 0 bridgehead atoms. The van der Waals surface area contributed by atoms with E-state index in [2.05, 4.69) is 0 Å². The topological polar surface area (TPSA) is 83.1 Å². The van der Waals surface area contributed by atoms with Gasteiger partial charge in [0.1, 0.15) is 23.2 Å². The van der Waals surface area contributed by atoms with Crippen LogP contribution in [-0.2, 0) is 6.42 Å². The average molecular weight is 362 g/mol. The summed E-state index contributed by atoms with van der Waals surface area (Å²) in [5.41, 5.74) is 0.520. The van der Waals surface area contributed by atoms with E-state index in [9.17, 15) is 24.3 Å². The number of rotatable bonds is 4. The number of aromatic hydroxyl groups is 1. The maximum Gasteiger partial charge on any atom is 0.273 e. The van der Waals surface area contributed by atoms with Crippen molar-refractivity contribution < 1.29 is 14.3 Å². The van der Waals surface area contributed by atoms with Gasteiger partial charge in [0.15, 0.2) is 5.78 Å². The van der Waals surface area contributed by atoms with Gasteiger partial charge in [-0.15, -0.1) is 0 Å². The van der Waals surface area contributed by atoms with Crippen LogP contribution in [0.5, 0.6) is 5.75 Å². The third-order valence-corrected chi connectivity index (χ3v) is 4.23. The van der Waals surface area contributed by atoms with Crippen LogP contribution in [0.25, 0.3) is 5.69 Å². The summed E-state index contributed by atoms with van der Waals surface area (Å²) in [6, 6.07) is 13.1. The number of hydrogen-bond acceptors (Lipinski definition) is 4. The average Bonchev–Trinajstić information content (AvgIpc) is 2.69. The molecule has 0 aliphatic carbocycles. The Hall–Kier alpha value is -3.72. The first-order valence-corrected chi connectivity index (χ1v) is 8.24. The largest absolute Gasteiger partial charge is 0.507 e. The number of carbonyl (C=O) groups excluding carboxylic acids is 1. The number of nitriles is 1. The minimum atomic E-state index is -0.692. The highest BCUT2D eigenvalue weighted by Crippen LogP contribution is 2.22. The Morgan fingerprint density at radius 2 is 1.89 bits per heavy atom. The lowest BCUT2D eigenvalue weighted by molar-refractivity contribution is 0.103.